The summed E-state index contributed by atoms with van der Waals surface area (Å²) in [6, 6.07) is 6.51. The van der Waals surface area contributed by atoms with Crippen LogP contribution in [0.3, 0.4) is 0 Å². The number of nitrogens with one attached hydrogen (secondary N) is 1. The van der Waals surface area contributed by atoms with Crippen LogP contribution in [-0.2, 0) is 6.42 Å². The van der Waals surface area contributed by atoms with Gasteiger partial charge in [-0.1, -0.05) is 6.07 Å². The summed E-state index contributed by atoms with van der Waals surface area (Å²) in [5.41, 5.74) is 1.02. The maximum atomic E-state index is 12.5. The van der Waals surface area contributed by atoms with Crippen LogP contribution in [0.15, 0.2) is 18.2 Å². The fraction of sp³-hybridized carbons (Fsp3) is 0.667. The third kappa shape index (κ3) is 6.31. The number of likely N-dealkylation sites (N-methyl/N-ethyl adjacent to an activating group) is 1. The van der Waals surface area contributed by atoms with E-state index in [1.54, 1.807) is 14.2 Å². The lowest BCUT2D eigenvalue weighted by atomic mass is 10.0. The maximum Gasteiger partial charge on any atom is 0.317 e. The van der Waals surface area contributed by atoms with Gasteiger partial charge >= 0.3 is 6.03 Å². The molecule has 0 aliphatic carbocycles. The molecular weight excluding hydrogens is 342 g/mol. The number of benzene rings is 1. The molecule has 0 radical (unpaired) electrons. The van der Waals surface area contributed by atoms with Crippen LogP contribution in [0.4, 0.5) is 4.79 Å². The summed E-state index contributed by atoms with van der Waals surface area (Å²) in [7, 11) is 5.46. The Morgan fingerprint density at radius 3 is 2.59 bits per heavy atom. The zero-order chi connectivity index (χ0) is 20.0. The first-order valence-electron chi connectivity index (χ1n) is 9.71. The van der Waals surface area contributed by atoms with Crippen molar-refractivity contribution in [2.45, 2.75) is 51.6 Å². The van der Waals surface area contributed by atoms with E-state index in [4.69, 9.17) is 9.47 Å². The molecule has 27 heavy (non-hydrogen) atoms. The van der Waals surface area contributed by atoms with Crippen LogP contribution in [0.5, 0.6) is 11.5 Å². The Hall–Kier alpha value is -1.95. The average molecular weight is 378 g/mol. The van der Waals surface area contributed by atoms with Gasteiger partial charge in [0.15, 0.2) is 11.5 Å². The molecule has 1 heterocycles. The van der Waals surface area contributed by atoms with E-state index in [2.05, 4.69) is 23.3 Å². The number of nitrogens with zero attached hydrogens (tertiary/aromatic N) is 2. The average Bonchev–Trinajstić information content (AvgIpc) is 2.64. The first kappa shape index (κ1) is 21.4. The second-order valence-electron chi connectivity index (χ2n) is 8.34. The van der Waals surface area contributed by atoms with Gasteiger partial charge in [0.05, 0.1) is 14.2 Å². The maximum absolute atomic E-state index is 12.5. The summed E-state index contributed by atoms with van der Waals surface area (Å²) in [5.74, 6) is 1.52. The van der Waals surface area contributed by atoms with E-state index in [9.17, 15) is 4.79 Å². The van der Waals surface area contributed by atoms with Crippen molar-refractivity contribution < 1.29 is 14.3 Å². The molecule has 2 amide bonds. The molecule has 0 spiro atoms. The Labute approximate surface area is 163 Å². The van der Waals surface area contributed by atoms with Crippen molar-refractivity contribution in [3.63, 3.8) is 0 Å². The standard InChI is InChI=1S/C21H35N3O3/c1-21(2,3)22-20(25)24-12-7-8-17(15-24)23(4)13-11-16-9-10-18(26-5)19(14-16)27-6/h9-10,14,17H,7-8,11-13,15H2,1-6H3,(H,22,25)/t17-/m0/s1. The van der Waals surface area contributed by atoms with Gasteiger partial charge in [-0.2, -0.15) is 0 Å². The van der Waals surface area contributed by atoms with E-state index < -0.39 is 0 Å². The van der Waals surface area contributed by atoms with Crippen molar-refractivity contribution in [3.05, 3.63) is 23.8 Å². The highest BCUT2D eigenvalue weighted by Gasteiger charge is 2.27. The van der Waals surface area contributed by atoms with Gasteiger partial charge in [-0.25, -0.2) is 4.79 Å². The van der Waals surface area contributed by atoms with Gasteiger partial charge in [-0.15, -0.1) is 0 Å². The minimum Gasteiger partial charge on any atom is -0.493 e. The van der Waals surface area contributed by atoms with E-state index in [0.29, 0.717) is 6.04 Å². The van der Waals surface area contributed by atoms with Crippen LogP contribution >= 0.6 is 0 Å². The summed E-state index contributed by atoms with van der Waals surface area (Å²) in [6.45, 7) is 8.60. The Morgan fingerprint density at radius 2 is 1.96 bits per heavy atom. The molecule has 152 valence electrons. The second kappa shape index (κ2) is 9.31. The number of rotatable bonds is 6. The number of likely N-dealkylation sites (tertiary alicyclic amines) is 1. The van der Waals surface area contributed by atoms with Gasteiger partial charge in [-0.3, -0.25) is 0 Å². The molecule has 1 atom stereocenters. The van der Waals surface area contributed by atoms with Gasteiger partial charge in [0.25, 0.3) is 0 Å². The molecule has 0 saturated carbocycles. The summed E-state index contributed by atoms with van der Waals surface area (Å²) >= 11 is 0. The minimum absolute atomic E-state index is 0.0421. The van der Waals surface area contributed by atoms with Crippen LogP contribution in [-0.4, -0.2) is 68.3 Å². The third-order valence-electron chi connectivity index (χ3n) is 4.99. The number of amides is 2. The van der Waals surface area contributed by atoms with Gasteiger partial charge in [0.2, 0.25) is 0 Å². The SMILES string of the molecule is COc1ccc(CCN(C)[C@H]2CCCN(C(=O)NC(C)(C)C)C2)cc1OC. The number of carbonyl (C=O) groups excluding carboxylic acids is 1. The lowest BCUT2D eigenvalue weighted by molar-refractivity contribution is 0.123. The highest BCUT2D eigenvalue weighted by atomic mass is 16.5. The second-order valence-corrected chi connectivity index (χ2v) is 8.34. The Morgan fingerprint density at radius 1 is 1.26 bits per heavy atom. The van der Waals surface area contributed by atoms with Crippen molar-refractivity contribution in [2.75, 3.05) is 40.9 Å². The molecule has 6 heteroatoms. The highest BCUT2D eigenvalue weighted by molar-refractivity contribution is 5.75. The molecule has 0 unspecified atom stereocenters. The molecule has 0 aromatic heterocycles. The number of urea groups is 1. The normalized spacial score (nSPS) is 17.7. The van der Waals surface area contributed by atoms with Crippen LogP contribution < -0.4 is 14.8 Å². The lowest BCUT2D eigenvalue weighted by Crippen LogP contribution is -2.54. The lowest BCUT2D eigenvalue weighted by Gasteiger charge is -2.38. The predicted octanol–water partition coefficient (Wildman–Crippen LogP) is 3.15. The molecule has 1 N–H and O–H groups in total. The molecule has 0 bridgehead atoms. The van der Waals surface area contributed by atoms with Crippen molar-refractivity contribution in [1.82, 2.24) is 15.1 Å². The van der Waals surface area contributed by atoms with E-state index >= 15 is 0 Å². The third-order valence-corrected chi connectivity index (χ3v) is 4.99. The van der Waals surface area contributed by atoms with Gasteiger partial charge < -0.3 is 24.6 Å². The molecule has 1 aliphatic rings. The summed E-state index contributed by atoms with van der Waals surface area (Å²) < 4.78 is 10.7. The Bertz CT molecular complexity index is 628. The number of hydrogen-bond acceptors (Lipinski definition) is 4. The summed E-state index contributed by atoms with van der Waals surface area (Å²) in [4.78, 5) is 16.8. The van der Waals surface area contributed by atoms with E-state index in [1.165, 1.54) is 5.56 Å². The van der Waals surface area contributed by atoms with Crippen molar-refractivity contribution in [2.24, 2.45) is 0 Å². The number of carbonyl (C=O) groups is 1. The first-order chi connectivity index (χ1) is 12.7. The number of methoxy groups -OCH3 is 2. The molecule has 1 aromatic carbocycles. The van der Waals surface area contributed by atoms with Gasteiger partial charge in [0, 0.05) is 31.2 Å². The monoisotopic (exact) mass is 377 g/mol. The van der Waals surface area contributed by atoms with E-state index in [1.807, 2.05) is 37.8 Å². The quantitative estimate of drug-likeness (QED) is 0.827. The fourth-order valence-corrected chi connectivity index (χ4v) is 3.42. The predicted molar refractivity (Wildman–Crippen MR) is 109 cm³/mol. The molecule has 1 aliphatic heterocycles. The number of ether oxygens (including phenoxy) is 2. The molecule has 1 saturated heterocycles. The van der Waals surface area contributed by atoms with E-state index in [0.717, 1.165) is 50.4 Å². The molecular formula is C21H35N3O3. The van der Waals surface area contributed by atoms with Crippen LogP contribution in [0.1, 0.15) is 39.2 Å². The molecule has 1 fully saturated rings. The van der Waals surface area contributed by atoms with E-state index in [-0.39, 0.29) is 11.6 Å². The smallest absolute Gasteiger partial charge is 0.317 e. The van der Waals surface area contributed by atoms with Crippen molar-refractivity contribution in [3.8, 4) is 11.5 Å². The fourth-order valence-electron chi connectivity index (χ4n) is 3.42. The zero-order valence-corrected chi connectivity index (χ0v) is 17.7. The minimum atomic E-state index is -0.205. The van der Waals surface area contributed by atoms with Crippen LogP contribution in [0.25, 0.3) is 0 Å². The first-order valence-corrected chi connectivity index (χ1v) is 9.71. The highest BCUT2D eigenvalue weighted by Crippen LogP contribution is 2.28. The summed E-state index contributed by atoms with van der Waals surface area (Å²) in [5, 5.41) is 3.07. The summed E-state index contributed by atoms with van der Waals surface area (Å²) in [6.07, 6.45) is 3.10. The van der Waals surface area contributed by atoms with Crippen molar-refractivity contribution in [1.29, 1.82) is 0 Å². The van der Waals surface area contributed by atoms with Crippen LogP contribution in [0, 0.1) is 0 Å². The van der Waals surface area contributed by atoms with Gasteiger partial charge in [0.1, 0.15) is 0 Å². The Kier molecular flexibility index (Phi) is 7.36. The largest absolute Gasteiger partial charge is 0.493 e. The Balaban J connectivity index is 1.90. The van der Waals surface area contributed by atoms with Gasteiger partial charge in [-0.05, 0) is 64.8 Å². The molecule has 2 rings (SSSR count). The molecule has 1 aromatic rings. The van der Waals surface area contributed by atoms with Crippen molar-refractivity contribution >= 4 is 6.03 Å². The number of piperidine rings is 1. The zero-order valence-electron chi connectivity index (χ0n) is 17.7. The van der Waals surface area contributed by atoms with Crippen LogP contribution in [0.2, 0.25) is 0 Å². The molecule has 6 nitrogen and oxygen atoms in total. The number of hydrogen-bond donors (Lipinski definition) is 1. The topological polar surface area (TPSA) is 54.0 Å².